The number of aromatic nitrogens is 1. The number of nitrogens with zero attached hydrogens (tertiary/aromatic N) is 2. The van der Waals surface area contributed by atoms with E-state index < -0.39 is 29.3 Å². The molecule has 1 aromatic rings. The van der Waals surface area contributed by atoms with Gasteiger partial charge in [-0.25, -0.2) is 13.8 Å². The second-order valence-electron chi connectivity index (χ2n) is 2.77. The fraction of sp³-hybridized carbons (Fsp3) is 0.375. The van der Waals surface area contributed by atoms with Crippen LogP contribution in [0.5, 0.6) is 5.88 Å². The molecular formula is C8H8F2N2O4. The summed E-state index contributed by atoms with van der Waals surface area (Å²) in [5.74, 6) is -0.369. The number of methoxy groups -OCH3 is 1. The van der Waals surface area contributed by atoms with Crippen molar-refractivity contribution in [2.75, 3.05) is 7.11 Å². The Morgan fingerprint density at radius 3 is 2.69 bits per heavy atom. The molecule has 6 nitrogen and oxygen atoms in total. The molecule has 0 aromatic carbocycles. The third kappa shape index (κ3) is 2.22. The quantitative estimate of drug-likeness (QED) is 0.629. The molecule has 8 heteroatoms. The van der Waals surface area contributed by atoms with Gasteiger partial charge in [-0.05, 0) is 0 Å². The first-order valence-corrected chi connectivity index (χ1v) is 4.12. The molecule has 1 aromatic heterocycles. The monoisotopic (exact) mass is 234 g/mol. The fourth-order valence-electron chi connectivity index (χ4n) is 1.15. The van der Waals surface area contributed by atoms with Crippen LogP contribution in [0.15, 0.2) is 6.07 Å². The van der Waals surface area contributed by atoms with E-state index in [0.717, 1.165) is 7.11 Å². The molecule has 0 bridgehead atoms. The number of aliphatic hydroxyl groups is 1. The summed E-state index contributed by atoms with van der Waals surface area (Å²) in [4.78, 5) is 13.1. The summed E-state index contributed by atoms with van der Waals surface area (Å²) < 4.78 is 29.3. The third-order valence-corrected chi connectivity index (χ3v) is 1.85. The van der Waals surface area contributed by atoms with Crippen LogP contribution in [0.4, 0.5) is 14.5 Å². The topological polar surface area (TPSA) is 85.5 Å². The van der Waals surface area contributed by atoms with Crippen LogP contribution in [-0.2, 0) is 6.61 Å². The van der Waals surface area contributed by atoms with Crippen molar-refractivity contribution in [3.05, 3.63) is 27.4 Å². The van der Waals surface area contributed by atoms with Gasteiger partial charge in [0, 0.05) is 6.07 Å². The molecule has 0 amide bonds. The van der Waals surface area contributed by atoms with Gasteiger partial charge in [-0.3, -0.25) is 10.1 Å². The van der Waals surface area contributed by atoms with E-state index in [1.54, 1.807) is 0 Å². The normalized spacial score (nSPS) is 10.6. The molecule has 0 spiro atoms. The van der Waals surface area contributed by atoms with E-state index in [9.17, 15) is 18.9 Å². The van der Waals surface area contributed by atoms with Crippen LogP contribution in [0, 0.1) is 10.1 Å². The van der Waals surface area contributed by atoms with Crippen molar-refractivity contribution in [1.82, 2.24) is 4.98 Å². The van der Waals surface area contributed by atoms with Gasteiger partial charge in [-0.15, -0.1) is 0 Å². The minimum absolute atomic E-state index is 0.225. The number of halogens is 2. The van der Waals surface area contributed by atoms with Crippen LogP contribution in [0.1, 0.15) is 17.7 Å². The highest BCUT2D eigenvalue weighted by Crippen LogP contribution is 2.31. The third-order valence-electron chi connectivity index (χ3n) is 1.85. The lowest BCUT2D eigenvalue weighted by atomic mass is 10.2. The number of nitro groups is 1. The maximum Gasteiger partial charge on any atom is 0.282 e. The van der Waals surface area contributed by atoms with Crippen LogP contribution in [0.3, 0.4) is 0 Å². The van der Waals surface area contributed by atoms with Gasteiger partial charge < -0.3 is 9.84 Å². The van der Waals surface area contributed by atoms with Gasteiger partial charge in [-0.2, -0.15) is 0 Å². The van der Waals surface area contributed by atoms with Crippen LogP contribution in [0.25, 0.3) is 0 Å². The molecule has 1 heterocycles. The molecule has 0 aliphatic heterocycles. The Morgan fingerprint density at radius 1 is 1.69 bits per heavy atom. The van der Waals surface area contributed by atoms with E-state index in [1.165, 1.54) is 0 Å². The van der Waals surface area contributed by atoms with E-state index in [2.05, 4.69) is 9.72 Å². The van der Waals surface area contributed by atoms with Crippen LogP contribution in [0.2, 0.25) is 0 Å². The molecule has 0 aliphatic carbocycles. The first-order chi connectivity index (χ1) is 7.51. The highest BCUT2D eigenvalue weighted by molar-refractivity contribution is 5.47. The van der Waals surface area contributed by atoms with E-state index in [-0.39, 0.29) is 11.4 Å². The highest BCUT2D eigenvalue weighted by atomic mass is 19.3. The summed E-state index contributed by atoms with van der Waals surface area (Å²) in [6.07, 6.45) is -2.94. The lowest BCUT2D eigenvalue weighted by molar-refractivity contribution is -0.386. The Hall–Kier alpha value is -1.83. The van der Waals surface area contributed by atoms with Gasteiger partial charge in [0.1, 0.15) is 11.3 Å². The van der Waals surface area contributed by atoms with Crippen molar-refractivity contribution in [2.45, 2.75) is 13.0 Å². The molecule has 0 radical (unpaired) electrons. The smallest absolute Gasteiger partial charge is 0.282 e. The number of hydrogen-bond donors (Lipinski definition) is 1. The Morgan fingerprint density at radius 2 is 2.31 bits per heavy atom. The maximum absolute atomic E-state index is 12.4. The van der Waals surface area contributed by atoms with Gasteiger partial charge in [-0.1, -0.05) is 0 Å². The summed E-state index contributed by atoms with van der Waals surface area (Å²) in [6, 6.07) is 0.624. The van der Waals surface area contributed by atoms with Crippen molar-refractivity contribution in [3.8, 4) is 5.88 Å². The van der Waals surface area contributed by atoms with Gasteiger partial charge >= 0.3 is 0 Å². The van der Waals surface area contributed by atoms with Crippen molar-refractivity contribution in [3.63, 3.8) is 0 Å². The van der Waals surface area contributed by atoms with E-state index in [1.807, 2.05) is 0 Å². The Balaban J connectivity index is 3.43. The predicted octanol–water partition coefficient (Wildman–Crippen LogP) is 1.43. The second kappa shape index (κ2) is 4.79. The molecule has 1 rings (SSSR count). The molecular weight excluding hydrogens is 226 g/mol. The van der Waals surface area contributed by atoms with Gasteiger partial charge in [0.2, 0.25) is 5.88 Å². The van der Waals surface area contributed by atoms with Crippen molar-refractivity contribution in [2.24, 2.45) is 0 Å². The number of ether oxygens (including phenoxy) is 1. The molecule has 0 aliphatic rings. The van der Waals surface area contributed by atoms with Crippen molar-refractivity contribution >= 4 is 5.69 Å². The standard InChI is InChI=1S/C8H8F2N2O4/c1-16-8-4(3-13)6(12(14)15)2-5(11-8)7(9)10/h2,7,13H,3H2,1H3. The molecule has 0 saturated carbocycles. The Bertz CT molecular complexity index is 411. The van der Waals surface area contributed by atoms with Gasteiger partial charge in [0.15, 0.2) is 0 Å². The maximum atomic E-state index is 12.4. The largest absolute Gasteiger partial charge is 0.481 e. The fourth-order valence-corrected chi connectivity index (χ4v) is 1.15. The summed E-state index contributed by atoms with van der Waals surface area (Å²) >= 11 is 0. The molecule has 0 unspecified atom stereocenters. The number of alkyl halides is 2. The zero-order valence-electron chi connectivity index (χ0n) is 8.18. The summed E-state index contributed by atoms with van der Waals surface area (Å²) in [6.45, 7) is -0.712. The van der Waals surface area contributed by atoms with Crippen LogP contribution in [-0.4, -0.2) is 22.1 Å². The minimum atomic E-state index is -2.94. The lowest BCUT2D eigenvalue weighted by Gasteiger charge is -2.08. The van der Waals surface area contributed by atoms with E-state index in [0.29, 0.717) is 6.07 Å². The zero-order valence-corrected chi connectivity index (χ0v) is 8.18. The molecule has 0 atom stereocenters. The predicted molar refractivity (Wildman–Crippen MR) is 48.3 cm³/mol. The number of aliphatic hydroxyl groups excluding tert-OH is 1. The van der Waals surface area contributed by atoms with E-state index in [4.69, 9.17) is 5.11 Å². The van der Waals surface area contributed by atoms with Crippen LogP contribution < -0.4 is 4.74 Å². The first-order valence-electron chi connectivity index (χ1n) is 4.12. The number of pyridine rings is 1. The highest BCUT2D eigenvalue weighted by Gasteiger charge is 2.24. The summed E-state index contributed by atoms with van der Waals surface area (Å²) in [5, 5.41) is 19.5. The Labute approximate surface area is 88.6 Å². The number of hydrogen-bond acceptors (Lipinski definition) is 5. The van der Waals surface area contributed by atoms with Crippen molar-refractivity contribution < 1.29 is 23.5 Å². The SMILES string of the molecule is COc1nc(C(F)F)cc([N+](=O)[O-])c1CO. The molecule has 16 heavy (non-hydrogen) atoms. The first kappa shape index (κ1) is 12.2. The number of rotatable bonds is 4. The average Bonchev–Trinajstić information content (AvgIpc) is 2.26. The second-order valence-corrected chi connectivity index (χ2v) is 2.77. The minimum Gasteiger partial charge on any atom is -0.481 e. The average molecular weight is 234 g/mol. The molecule has 0 saturated heterocycles. The molecule has 1 N–H and O–H groups in total. The molecule has 0 fully saturated rings. The van der Waals surface area contributed by atoms with Crippen LogP contribution >= 0.6 is 0 Å². The van der Waals surface area contributed by atoms with Gasteiger partial charge in [0.05, 0.1) is 18.6 Å². The van der Waals surface area contributed by atoms with Crippen molar-refractivity contribution in [1.29, 1.82) is 0 Å². The van der Waals surface area contributed by atoms with Gasteiger partial charge in [0.25, 0.3) is 12.1 Å². The Kier molecular flexibility index (Phi) is 3.67. The summed E-state index contributed by atoms with van der Waals surface area (Å²) in [5.41, 5.74) is -1.62. The lowest BCUT2D eigenvalue weighted by Crippen LogP contribution is -2.04. The summed E-state index contributed by atoms with van der Waals surface area (Å²) in [7, 11) is 1.13. The van der Waals surface area contributed by atoms with E-state index >= 15 is 0 Å². The zero-order chi connectivity index (χ0) is 12.3. The molecule has 88 valence electrons.